The van der Waals surface area contributed by atoms with E-state index >= 15 is 0 Å². The molecule has 4 nitrogen and oxygen atoms in total. The summed E-state index contributed by atoms with van der Waals surface area (Å²) in [6.07, 6.45) is 20.7. The molecule has 4 aliphatic rings. The van der Waals surface area contributed by atoms with Gasteiger partial charge in [-0.05, 0) is 128 Å². The maximum absolute atomic E-state index is 12.9. The quantitative estimate of drug-likeness (QED) is 0.152. The van der Waals surface area contributed by atoms with Crippen LogP contribution < -0.4 is 0 Å². The molecule has 0 aromatic carbocycles. The normalized spacial score (nSPS) is 32.1. The first-order valence-electron chi connectivity index (χ1n) is 20.3. The summed E-state index contributed by atoms with van der Waals surface area (Å²) in [7, 11) is -3.97. The van der Waals surface area contributed by atoms with Crippen molar-refractivity contribution in [2.75, 3.05) is 0 Å². The number of carbonyl (C=O) groups excluding carboxylic acids is 1. The van der Waals surface area contributed by atoms with Crippen molar-refractivity contribution >= 4 is 22.4 Å². The molecule has 4 fully saturated rings. The van der Waals surface area contributed by atoms with E-state index in [0.717, 1.165) is 44.1 Å². The second kappa shape index (κ2) is 15.4. The number of hydrogen-bond donors (Lipinski definition) is 1. The summed E-state index contributed by atoms with van der Waals surface area (Å²) < 4.78 is 14.2. The van der Waals surface area contributed by atoms with Gasteiger partial charge in [-0.3, -0.25) is 4.79 Å². The Morgan fingerprint density at radius 2 is 1.60 bits per heavy atom. The molecule has 284 valence electrons. The highest BCUT2D eigenvalue weighted by atomic mass is 28.4. The third kappa shape index (κ3) is 8.83. The Labute approximate surface area is 310 Å². The van der Waals surface area contributed by atoms with E-state index < -0.39 is 28.2 Å². The fraction of sp³-hybridized carbons (Fsp3) is 0.795. The van der Waals surface area contributed by atoms with Crippen molar-refractivity contribution in [1.29, 1.82) is 0 Å². The van der Waals surface area contributed by atoms with Gasteiger partial charge >= 0.3 is 0 Å². The van der Waals surface area contributed by atoms with Crippen LogP contribution in [-0.2, 0) is 13.6 Å². The molecule has 1 unspecified atom stereocenters. The molecule has 4 rings (SSSR count). The molecule has 0 radical (unpaired) electrons. The van der Waals surface area contributed by atoms with Crippen molar-refractivity contribution in [2.24, 2.45) is 28.6 Å². The second-order valence-corrected chi connectivity index (χ2v) is 29.7. The summed E-state index contributed by atoms with van der Waals surface area (Å²) in [4.78, 5) is 12.9. The Bertz CT molecular complexity index is 1320. The Hall–Kier alpha value is -1.06. The molecule has 7 atom stereocenters. The molecule has 0 bridgehead atoms. The Kier molecular flexibility index (Phi) is 12.8. The van der Waals surface area contributed by atoms with Gasteiger partial charge in [0.1, 0.15) is 5.78 Å². The van der Waals surface area contributed by atoms with Crippen molar-refractivity contribution in [3.05, 3.63) is 47.6 Å². The van der Waals surface area contributed by atoms with E-state index in [9.17, 15) is 9.90 Å². The van der Waals surface area contributed by atoms with Gasteiger partial charge in [-0.2, -0.15) is 0 Å². The minimum Gasteiger partial charge on any atom is -0.413 e. The highest BCUT2D eigenvalue weighted by Crippen LogP contribution is 2.60. The number of Topliss-reactive ketones (excluding diaryl/α,β-unsaturated/α-hetero) is 1. The van der Waals surface area contributed by atoms with Crippen LogP contribution in [0.1, 0.15) is 139 Å². The molecule has 0 aromatic rings. The van der Waals surface area contributed by atoms with Crippen LogP contribution in [0.2, 0.25) is 36.3 Å². The Balaban J connectivity index is 1.54. The van der Waals surface area contributed by atoms with E-state index in [4.69, 9.17) is 15.4 Å². The average molecular weight is 725 g/mol. The van der Waals surface area contributed by atoms with Crippen molar-refractivity contribution in [3.63, 3.8) is 0 Å². The molecule has 6 heteroatoms. The average Bonchev–Trinajstić information content (AvgIpc) is 3.74. The van der Waals surface area contributed by atoms with Gasteiger partial charge in [-0.25, -0.2) is 0 Å². The van der Waals surface area contributed by atoms with Gasteiger partial charge in [-0.15, -0.1) is 0 Å². The van der Waals surface area contributed by atoms with E-state index in [-0.39, 0.29) is 33.5 Å². The maximum atomic E-state index is 12.9. The summed E-state index contributed by atoms with van der Waals surface area (Å²) in [5.74, 6) is 1.80. The first-order chi connectivity index (χ1) is 23.0. The smallest absolute Gasteiger partial charge is 0.192 e. The highest BCUT2D eigenvalue weighted by Gasteiger charge is 2.54. The Morgan fingerprint density at radius 3 is 2.18 bits per heavy atom. The number of aliphatic hydroxyl groups excluding tert-OH is 1. The SMILES string of the molecule is C=C1/C(=C\C=C2/CCC[C@]3(C)[C@@H]([C@H](C)/C=C/C(O)C4(C(=O)CCCC)CC4)CC[C@@H]23)C[C@@H](O[Si](C)(C)C(C)(C)C)C[C@@H]1O[Si](C)(C)C(C)(C)C. The molecule has 0 aromatic heterocycles. The van der Waals surface area contributed by atoms with E-state index in [1.807, 2.05) is 6.08 Å². The number of unbranched alkanes of at least 4 members (excludes halogenated alkanes) is 1. The van der Waals surface area contributed by atoms with Crippen LogP contribution in [-0.4, -0.2) is 45.8 Å². The van der Waals surface area contributed by atoms with Gasteiger partial charge in [0.2, 0.25) is 0 Å². The number of allylic oxidation sites excluding steroid dienone is 4. The summed E-state index contributed by atoms with van der Waals surface area (Å²) in [5, 5.41) is 11.4. The van der Waals surface area contributed by atoms with Crippen LogP contribution in [0.5, 0.6) is 0 Å². The topological polar surface area (TPSA) is 55.8 Å². The number of fused-ring (bicyclic) bond motifs is 1. The molecule has 1 N–H and O–H groups in total. The molecule has 50 heavy (non-hydrogen) atoms. The third-order valence-corrected chi connectivity index (χ3v) is 23.7. The molecule has 0 saturated heterocycles. The summed E-state index contributed by atoms with van der Waals surface area (Å²) in [6, 6.07) is 0. The van der Waals surface area contributed by atoms with Crippen LogP contribution in [0, 0.1) is 28.6 Å². The van der Waals surface area contributed by atoms with Gasteiger partial charge < -0.3 is 14.0 Å². The monoisotopic (exact) mass is 725 g/mol. The van der Waals surface area contributed by atoms with Crippen LogP contribution in [0.3, 0.4) is 0 Å². The predicted octanol–water partition coefficient (Wildman–Crippen LogP) is 12.3. The van der Waals surface area contributed by atoms with E-state index in [0.29, 0.717) is 24.2 Å². The number of ketones is 1. The minimum absolute atomic E-state index is 0.00348. The lowest BCUT2D eigenvalue weighted by Crippen LogP contribution is -2.49. The Morgan fingerprint density at radius 1 is 0.980 bits per heavy atom. The highest BCUT2D eigenvalue weighted by molar-refractivity contribution is 6.74. The second-order valence-electron chi connectivity index (χ2n) is 20.2. The lowest BCUT2D eigenvalue weighted by atomic mass is 9.61. The maximum Gasteiger partial charge on any atom is 0.192 e. The summed E-state index contributed by atoms with van der Waals surface area (Å²) in [6.45, 7) is 35.1. The van der Waals surface area contributed by atoms with Crippen LogP contribution >= 0.6 is 0 Å². The van der Waals surface area contributed by atoms with Gasteiger partial charge in [-0.1, -0.05) is 105 Å². The molecule has 0 heterocycles. The van der Waals surface area contributed by atoms with Gasteiger partial charge in [0.15, 0.2) is 16.6 Å². The predicted molar refractivity (Wildman–Crippen MR) is 217 cm³/mol. The molecule has 4 saturated carbocycles. The largest absolute Gasteiger partial charge is 0.413 e. The number of carbonyl (C=O) groups is 1. The fourth-order valence-corrected chi connectivity index (χ4v) is 11.6. The summed E-state index contributed by atoms with van der Waals surface area (Å²) >= 11 is 0. The van der Waals surface area contributed by atoms with Crippen LogP contribution in [0.4, 0.5) is 0 Å². The molecule has 0 spiro atoms. The molecule has 4 aliphatic carbocycles. The van der Waals surface area contributed by atoms with Crippen molar-refractivity contribution in [1.82, 2.24) is 0 Å². The van der Waals surface area contributed by atoms with Crippen molar-refractivity contribution < 1.29 is 18.8 Å². The van der Waals surface area contributed by atoms with Gasteiger partial charge in [0.25, 0.3) is 0 Å². The van der Waals surface area contributed by atoms with Crippen LogP contribution in [0.15, 0.2) is 47.6 Å². The first-order valence-corrected chi connectivity index (χ1v) is 26.1. The molecular formula is C44H76O4Si2. The van der Waals surface area contributed by atoms with E-state index in [1.165, 1.54) is 37.7 Å². The van der Waals surface area contributed by atoms with E-state index in [1.54, 1.807) is 5.57 Å². The lowest BCUT2D eigenvalue weighted by Gasteiger charge is -2.45. The van der Waals surface area contributed by atoms with Gasteiger partial charge in [0.05, 0.1) is 23.7 Å². The van der Waals surface area contributed by atoms with Gasteiger partial charge in [0, 0.05) is 12.8 Å². The third-order valence-electron chi connectivity index (χ3n) is 14.7. The lowest BCUT2D eigenvalue weighted by molar-refractivity contribution is -0.127. The standard InChI is InChI=1S/C44H76O4Si2/c1-15-16-19-39(45)44(27-28-44)40(46)25-20-31(2)36-23-24-37-33(18-17-26-43(36,37)10)21-22-34-29-35(47-49(11,12)41(4,5)6)30-38(32(34)3)48-50(13,14)42(7,8)9/h20-22,25,31,35-38,40,46H,3,15-19,23-24,26-30H2,1-2,4-14H3/b25-20+,33-21+,34-22-/t31-,35-,36-,37+,38+,40?,43-/m1/s1. The van der Waals surface area contributed by atoms with Crippen LogP contribution in [0.25, 0.3) is 0 Å². The minimum atomic E-state index is -2.01. The molecule has 0 aliphatic heterocycles. The zero-order chi connectivity index (χ0) is 37.5. The number of rotatable bonds is 13. The van der Waals surface area contributed by atoms with Crippen molar-refractivity contribution in [2.45, 2.75) is 194 Å². The van der Waals surface area contributed by atoms with E-state index in [2.05, 4.69) is 107 Å². The fourth-order valence-electron chi connectivity index (χ4n) is 8.97. The molecule has 0 amide bonds. The number of hydrogen-bond acceptors (Lipinski definition) is 4. The van der Waals surface area contributed by atoms with Crippen molar-refractivity contribution in [3.8, 4) is 0 Å². The number of aliphatic hydroxyl groups is 1. The zero-order valence-corrected chi connectivity index (χ0v) is 36.6. The summed E-state index contributed by atoms with van der Waals surface area (Å²) in [5.41, 5.74) is 3.81. The zero-order valence-electron chi connectivity index (χ0n) is 34.6. The molecular weight excluding hydrogens is 649 g/mol. The first kappa shape index (κ1) is 41.7.